The van der Waals surface area contributed by atoms with Crippen LogP contribution in [0.3, 0.4) is 0 Å². The molecule has 3 rings (SSSR count). The molecule has 0 saturated heterocycles. The van der Waals surface area contributed by atoms with Crippen LogP contribution in [0.1, 0.15) is 32.8 Å². The Kier molecular flexibility index (Phi) is 8.64. The third-order valence-corrected chi connectivity index (χ3v) is 5.05. The van der Waals surface area contributed by atoms with Gasteiger partial charge in [0.15, 0.2) is 11.6 Å². The van der Waals surface area contributed by atoms with E-state index in [9.17, 15) is 18.8 Å². The van der Waals surface area contributed by atoms with Gasteiger partial charge in [0.1, 0.15) is 0 Å². The van der Waals surface area contributed by atoms with Crippen molar-refractivity contribution in [2.45, 2.75) is 46.4 Å². The third-order valence-electron chi connectivity index (χ3n) is 4.80. The Morgan fingerprint density at radius 3 is 2.49 bits per heavy atom. The molecule has 0 radical (unpaired) electrons. The van der Waals surface area contributed by atoms with Crippen molar-refractivity contribution in [3.8, 4) is 5.75 Å². The molecule has 3 aromatic rings. The van der Waals surface area contributed by atoms with Gasteiger partial charge in [0, 0.05) is 23.3 Å². The lowest BCUT2D eigenvalue weighted by Crippen LogP contribution is -2.43. The minimum Gasteiger partial charge on any atom is -0.488 e. The number of nitrogens with zero attached hydrogens (tertiary/aromatic N) is 3. The SMILES string of the molecule is CCOC(=O)CCn1c(=O)nc(Nc2ccc(OC(C)C)c(F)c2)n(Cc2ccc(Cl)cc2)c1=O. The molecule has 0 atom stereocenters. The molecule has 11 heteroatoms. The van der Waals surface area contributed by atoms with Gasteiger partial charge >= 0.3 is 17.3 Å². The topological polar surface area (TPSA) is 104 Å². The molecule has 0 aliphatic carbocycles. The average Bonchev–Trinajstić information content (AvgIpc) is 2.79. The fourth-order valence-electron chi connectivity index (χ4n) is 3.22. The van der Waals surface area contributed by atoms with Crippen LogP contribution in [-0.4, -0.2) is 32.8 Å². The van der Waals surface area contributed by atoms with E-state index in [4.69, 9.17) is 21.1 Å². The lowest BCUT2D eigenvalue weighted by atomic mass is 10.2. The van der Waals surface area contributed by atoms with E-state index >= 15 is 0 Å². The fourth-order valence-corrected chi connectivity index (χ4v) is 3.35. The van der Waals surface area contributed by atoms with Crippen molar-refractivity contribution in [3.63, 3.8) is 0 Å². The maximum absolute atomic E-state index is 14.5. The van der Waals surface area contributed by atoms with Crippen molar-refractivity contribution in [2.24, 2.45) is 0 Å². The number of carbonyl (C=O) groups is 1. The van der Waals surface area contributed by atoms with Crippen molar-refractivity contribution in [3.05, 3.63) is 79.8 Å². The lowest BCUT2D eigenvalue weighted by Gasteiger charge is -2.16. The summed E-state index contributed by atoms with van der Waals surface area (Å²) in [6.45, 7) is 5.26. The van der Waals surface area contributed by atoms with Crippen LogP contribution in [0.5, 0.6) is 5.75 Å². The Morgan fingerprint density at radius 1 is 1.14 bits per heavy atom. The molecule has 0 amide bonds. The van der Waals surface area contributed by atoms with Crippen LogP contribution < -0.4 is 21.4 Å². The summed E-state index contributed by atoms with van der Waals surface area (Å²) in [6, 6.07) is 11.0. The molecule has 0 spiro atoms. The zero-order valence-electron chi connectivity index (χ0n) is 19.6. The third kappa shape index (κ3) is 6.92. The van der Waals surface area contributed by atoms with E-state index in [1.54, 1.807) is 51.1 Å². The average molecular weight is 505 g/mol. The normalized spacial score (nSPS) is 10.9. The van der Waals surface area contributed by atoms with Gasteiger partial charge in [-0.05, 0) is 50.6 Å². The predicted octanol–water partition coefficient (Wildman–Crippen LogP) is 3.73. The molecule has 186 valence electrons. The summed E-state index contributed by atoms with van der Waals surface area (Å²) in [7, 11) is 0. The van der Waals surface area contributed by atoms with Crippen LogP contribution in [0, 0.1) is 5.82 Å². The molecule has 1 heterocycles. The monoisotopic (exact) mass is 504 g/mol. The summed E-state index contributed by atoms with van der Waals surface area (Å²) in [5.41, 5.74) is -0.566. The number of benzene rings is 2. The molecule has 0 unspecified atom stereocenters. The molecule has 9 nitrogen and oxygen atoms in total. The number of hydrogen-bond donors (Lipinski definition) is 1. The van der Waals surface area contributed by atoms with Crippen LogP contribution in [0.2, 0.25) is 5.02 Å². The van der Waals surface area contributed by atoms with Gasteiger partial charge < -0.3 is 14.8 Å². The fraction of sp³-hybridized carbons (Fsp3) is 0.333. The standard InChI is InChI=1S/C24H26ClFN4O5/c1-4-34-21(31)11-12-29-23(32)28-22(27-18-9-10-20(19(26)13-18)35-15(2)3)30(24(29)33)14-16-5-7-17(25)8-6-16/h5-10,13,15H,4,11-12,14H2,1-3H3,(H,27,28,32). The van der Waals surface area contributed by atoms with Crippen molar-refractivity contribution in [1.29, 1.82) is 0 Å². The van der Waals surface area contributed by atoms with E-state index in [1.807, 2.05) is 0 Å². The first-order valence-electron chi connectivity index (χ1n) is 11.0. The zero-order chi connectivity index (χ0) is 25.5. The van der Waals surface area contributed by atoms with Crippen molar-refractivity contribution >= 4 is 29.2 Å². The molecule has 1 N–H and O–H groups in total. The molecule has 0 aliphatic heterocycles. The van der Waals surface area contributed by atoms with E-state index < -0.39 is 23.2 Å². The second kappa shape index (κ2) is 11.7. The van der Waals surface area contributed by atoms with Crippen molar-refractivity contribution in [1.82, 2.24) is 14.1 Å². The molecule has 0 bridgehead atoms. The Bertz CT molecular complexity index is 1300. The van der Waals surface area contributed by atoms with Gasteiger partial charge in [-0.25, -0.2) is 18.5 Å². The van der Waals surface area contributed by atoms with Gasteiger partial charge in [-0.2, -0.15) is 4.98 Å². The zero-order valence-corrected chi connectivity index (χ0v) is 20.3. The van der Waals surface area contributed by atoms with E-state index in [0.29, 0.717) is 10.6 Å². The molecule has 0 saturated carbocycles. The van der Waals surface area contributed by atoms with Gasteiger partial charge in [0.05, 0.1) is 25.7 Å². The number of halogens is 2. The number of esters is 1. The predicted molar refractivity (Wildman–Crippen MR) is 130 cm³/mol. The first-order valence-corrected chi connectivity index (χ1v) is 11.4. The Morgan fingerprint density at radius 2 is 1.86 bits per heavy atom. The lowest BCUT2D eigenvalue weighted by molar-refractivity contribution is -0.143. The summed E-state index contributed by atoms with van der Waals surface area (Å²) in [4.78, 5) is 41.6. The molecule has 0 aliphatic rings. The highest BCUT2D eigenvalue weighted by atomic mass is 35.5. The van der Waals surface area contributed by atoms with Crippen LogP contribution in [0.4, 0.5) is 16.0 Å². The van der Waals surface area contributed by atoms with E-state index in [-0.39, 0.29) is 49.6 Å². The maximum atomic E-state index is 14.5. The van der Waals surface area contributed by atoms with Gasteiger partial charge in [0.25, 0.3) is 0 Å². The van der Waals surface area contributed by atoms with E-state index in [1.165, 1.54) is 16.7 Å². The second-order valence-corrected chi connectivity index (χ2v) is 8.29. The minimum absolute atomic E-state index is 0.0437. The first kappa shape index (κ1) is 26.0. The van der Waals surface area contributed by atoms with E-state index in [2.05, 4.69) is 10.3 Å². The summed E-state index contributed by atoms with van der Waals surface area (Å²) in [6.07, 6.45) is -0.377. The van der Waals surface area contributed by atoms with Gasteiger partial charge in [0.2, 0.25) is 5.95 Å². The highest BCUT2D eigenvalue weighted by Gasteiger charge is 2.16. The number of nitrogens with one attached hydrogen (secondary N) is 1. The number of ether oxygens (including phenoxy) is 2. The summed E-state index contributed by atoms with van der Waals surface area (Å²) < 4.78 is 26.8. The smallest absolute Gasteiger partial charge is 0.354 e. The van der Waals surface area contributed by atoms with Crippen LogP contribution in [0.25, 0.3) is 0 Å². The molecular weight excluding hydrogens is 479 g/mol. The van der Waals surface area contributed by atoms with E-state index in [0.717, 1.165) is 4.57 Å². The van der Waals surface area contributed by atoms with Crippen LogP contribution in [-0.2, 0) is 22.6 Å². The quantitative estimate of drug-likeness (QED) is 0.419. The molecular formula is C24H26ClFN4O5. The first-order chi connectivity index (χ1) is 16.7. The molecule has 0 fully saturated rings. The molecule has 2 aromatic carbocycles. The summed E-state index contributed by atoms with van der Waals surface area (Å²) >= 11 is 5.96. The molecule has 35 heavy (non-hydrogen) atoms. The summed E-state index contributed by atoms with van der Waals surface area (Å²) in [5, 5.41) is 3.37. The Balaban J connectivity index is 1.99. The highest BCUT2D eigenvalue weighted by molar-refractivity contribution is 6.30. The van der Waals surface area contributed by atoms with Crippen molar-refractivity contribution < 1.29 is 18.7 Å². The second-order valence-electron chi connectivity index (χ2n) is 7.86. The number of aromatic nitrogens is 3. The largest absolute Gasteiger partial charge is 0.488 e. The van der Waals surface area contributed by atoms with Gasteiger partial charge in [-0.1, -0.05) is 23.7 Å². The minimum atomic E-state index is -0.852. The number of rotatable bonds is 10. The Hall–Kier alpha value is -3.66. The highest BCUT2D eigenvalue weighted by Crippen LogP contribution is 2.24. The number of hydrogen-bond acceptors (Lipinski definition) is 7. The Labute approximate surface area is 206 Å². The van der Waals surface area contributed by atoms with Gasteiger partial charge in [-0.15, -0.1) is 0 Å². The van der Waals surface area contributed by atoms with Crippen LogP contribution >= 0.6 is 11.6 Å². The maximum Gasteiger partial charge on any atom is 0.354 e. The number of carbonyl (C=O) groups excluding carboxylic acids is 1. The van der Waals surface area contributed by atoms with Crippen LogP contribution in [0.15, 0.2) is 52.1 Å². The number of anilines is 2. The molecule has 1 aromatic heterocycles. The van der Waals surface area contributed by atoms with Crippen molar-refractivity contribution in [2.75, 3.05) is 11.9 Å². The summed E-state index contributed by atoms with van der Waals surface area (Å²) in [5.74, 6) is -1.16. The van der Waals surface area contributed by atoms with Gasteiger partial charge in [-0.3, -0.25) is 9.36 Å².